The lowest BCUT2D eigenvalue weighted by atomic mass is 10.2. The molecule has 0 radical (unpaired) electrons. The highest BCUT2D eigenvalue weighted by molar-refractivity contribution is 7.18. The maximum atomic E-state index is 12.0. The number of hydrogen-bond acceptors (Lipinski definition) is 5. The first-order chi connectivity index (χ1) is 9.63. The molecule has 1 heterocycles. The van der Waals surface area contributed by atoms with Crippen LogP contribution in [0.15, 0.2) is 35.4 Å². The zero-order valence-electron chi connectivity index (χ0n) is 10.8. The fraction of sp³-hybridized carbons (Fsp3) is 0.0714. The quantitative estimate of drug-likeness (QED) is 0.669. The third-order valence-corrected chi connectivity index (χ3v) is 3.79. The zero-order chi connectivity index (χ0) is 14.5. The minimum Gasteiger partial charge on any atom is -0.389 e. The average molecular weight is 284 g/mol. The van der Waals surface area contributed by atoms with Crippen LogP contribution >= 0.6 is 11.3 Å². The molecule has 0 aliphatic carbocycles. The number of benzene rings is 1. The molecule has 20 heavy (non-hydrogen) atoms. The van der Waals surface area contributed by atoms with E-state index in [1.807, 2.05) is 36.4 Å². The number of hydrazone groups is 1. The number of nitrogens with two attached hydrogens (primary N) is 1. The van der Waals surface area contributed by atoms with E-state index < -0.39 is 0 Å². The van der Waals surface area contributed by atoms with Crippen molar-refractivity contribution in [2.24, 2.45) is 5.10 Å². The van der Waals surface area contributed by atoms with Crippen molar-refractivity contribution in [3.05, 3.63) is 51.9 Å². The highest BCUT2D eigenvalue weighted by Crippen LogP contribution is 2.29. The molecule has 6 heteroatoms. The lowest BCUT2D eigenvalue weighted by Crippen LogP contribution is -2.17. The van der Waals surface area contributed by atoms with Crippen molar-refractivity contribution in [2.45, 2.75) is 6.92 Å². The van der Waals surface area contributed by atoms with Gasteiger partial charge in [-0.05, 0) is 18.1 Å². The second-order valence-electron chi connectivity index (χ2n) is 4.02. The van der Waals surface area contributed by atoms with Gasteiger partial charge in [0.25, 0.3) is 5.91 Å². The monoisotopic (exact) mass is 284 g/mol. The van der Waals surface area contributed by atoms with E-state index >= 15 is 0 Å². The Morgan fingerprint density at radius 2 is 2.15 bits per heavy atom. The molecule has 0 aliphatic rings. The molecule has 0 saturated carbocycles. The first kappa shape index (κ1) is 13.8. The molecule has 2 rings (SSSR count). The Morgan fingerprint density at radius 3 is 2.75 bits per heavy atom. The van der Waals surface area contributed by atoms with Crippen molar-refractivity contribution in [1.82, 2.24) is 5.43 Å². The number of nitrogens with one attached hydrogen (secondary N) is 1. The van der Waals surface area contributed by atoms with Gasteiger partial charge in [-0.15, -0.1) is 11.3 Å². The maximum absolute atomic E-state index is 12.0. The van der Waals surface area contributed by atoms with Gasteiger partial charge in [0.15, 0.2) is 0 Å². The molecule has 5 nitrogen and oxygen atoms in total. The molecular weight excluding hydrogens is 272 g/mol. The summed E-state index contributed by atoms with van der Waals surface area (Å²) in [5.74, 6) is -0.368. The molecule has 0 aliphatic heterocycles. The summed E-state index contributed by atoms with van der Waals surface area (Å²) in [4.78, 5) is 12.4. The summed E-state index contributed by atoms with van der Waals surface area (Å²) < 4.78 is 0. The fourth-order valence-corrected chi connectivity index (χ4v) is 2.56. The number of hydrogen-bond donors (Lipinski definition) is 2. The topological polar surface area (TPSA) is 91.3 Å². The molecule has 0 unspecified atom stereocenters. The van der Waals surface area contributed by atoms with Gasteiger partial charge in [-0.1, -0.05) is 30.3 Å². The van der Waals surface area contributed by atoms with Crippen molar-refractivity contribution in [1.29, 1.82) is 5.26 Å². The zero-order valence-corrected chi connectivity index (χ0v) is 11.6. The summed E-state index contributed by atoms with van der Waals surface area (Å²) in [5, 5.41) is 13.2. The van der Waals surface area contributed by atoms with Crippen molar-refractivity contribution in [3.63, 3.8) is 0 Å². The fourth-order valence-electron chi connectivity index (χ4n) is 1.65. The van der Waals surface area contributed by atoms with E-state index in [2.05, 4.69) is 10.5 Å². The number of carbonyl (C=O) groups excluding carboxylic acids is 1. The van der Waals surface area contributed by atoms with Crippen molar-refractivity contribution in [3.8, 4) is 6.07 Å². The number of rotatable bonds is 3. The minimum absolute atomic E-state index is 0.349. The Morgan fingerprint density at radius 1 is 1.45 bits per heavy atom. The molecule has 1 aromatic carbocycles. The van der Waals surface area contributed by atoms with E-state index in [0.29, 0.717) is 21.0 Å². The van der Waals surface area contributed by atoms with Crippen LogP contribution in [0, 0.1) is 18.3 Å². The number of carbonyl (C=O) groups is 1. The normalized spacial score (nSPS) is 10.4. The number of anilines is 1. The predicted molar refractivity (Wildman–Crippen MR) is 79.7 cm³/mol. The highest BCUT2D eigenvalue weighted by Gasteiger charge is 2.17. The average Bonchev–Trinajstić information content (AvgIpc) is 2.74. The molecule has 0 bridgehead atoms. The molecule has 0 spiro atoms. The summed E-state index contributed by atoms with van der Waals surface area (Å²) in [6.07, 6.45) is 1.55. The molecule has 1 amide bonds. The number of nitrogen functional groups attached to an aromatic ring is 1. The predicted octanol–water partition coefficient (Wildman–Crippen LogP) is 2.27. The van der Waals surface area contributed by atoms with Crippen LogP contribution < -0.4 is 11.2 Å². The molecule has 0 saturated heterocycles. The molecular formula is C14H12N4OS. The number of amides is 1. The Labute approximate surface area is 120 Å². The second kappa shape index (κ2) is 5.99. The van der Waals surface area contributed by atoms with Crippen molar-refractivity contribution in [2.75, 3.05) is 5.73 Å². The van der Waals surface area contributed by atoms with Crippen LogP contribution in [0.5, 0.6) is 0 Å². The van der Waals surface area contributed by atoms with E-state index in [0.717, 1.165) is 16.9 Å². The van der Waals surface area contributed by atoms with Gasteiger partial charge in [0.1, 0.15) is 15.9 Å². The van der Waals surface area contributed by atoms with Crippen LogP contribution in [0.2, 0.25) is 0 Å². The van der Waals surface area contributed by atoms with E-state index in [4.69, 9.17) is 11.0 Å². The summed E-state index contributed by atoms with van der Waals surface area (Å²) in [5.41, 5.74) is 9.94. The van der Waals surface area contributed by atoms with Gasteiger partial charge in [-0.2, -0.15) is 10.4 Å². The van der Waals surface area contributed by atoms with Gasteiger partial charge in [-0.3, -0.25) is 4.79 Å². The van der Waals surface area contributed by atoms with Crippen LogP contribution in [0.1, 0.15) is 26.4 Å². The third-order valence-electron chi connectivity index (χ3n) is 2.67. The van der Waals surface area contributed by atoms with E-state index in [1.54, 1.807) is 13.1 Å². The largest absolute Gasteiger partial charge is 0.389 e. The highest BCUT2D eigenvalue weighted by atomic mass is 32.1. The Bertz CT molecular complexity index is 698. The van der Waals surface area contributed by atoms with Crippen LogP contribution in [-0.4, -0.2) is 12.1 Å². The SMILES string of the molecule is Cc1c(C(=O)N/N=C/c2ccccc2)sc(N)c1C#N. The van der Waals surface area contributed by atoms with Gasteiger partial charge in [-0.25, -0.2) is 5.43 Å². The summed E-state index contributed by atoms with van der Waals surface area (Å²) >= 11 is 1.09. The summed E-state index contributed by atoms with van der Waals surface area (Å²) in [7, 11) is 0. The van der Waals surface area contributed by atoms with Gasteiger partial charge < -0.3 is 5.73 Å². The number of thiophene rings is 1. The molecule has 1 aromatic heterocycles. The maximum Gasteiger partial charge on any atom is 0.281 e. The van der Waals surface area contributed by atoms with Gasteiger partial charge >= 0.3 is 0 Å². The van der Waals surface area contributed by atoms with E-state index in [9.17, 15) is 4.79 Å². The van der Waals surface area contributed by atoms with Crippen LogP contribution in [0.4, 0.5) is 5.00 Å². The van der Waals surface area contributed by atoms with Gasteiger partial charge in [0.05, 0.1) is 11.8 Å². The Kier molecular flexibility index (Phi) is 4.13. The molecule has 2 aromatic rings. The van der Waals surface area contributed by atoms with Gasteiger partial charge in [0, 0.05) is 0 Å². The first-order valence-corrected chi connectivity index (χ1v) is 6.62. The third kappa shape index (κ3) is 2.84. The second-order valence-corrected chi connectivity index (χ2v) is 5.07. The Balaban J connectivity index is 2.10. The first-order valence-electron chi connectivity index (χ1n) is 5.81. The number of nitriles is 1. The molecule has 100 valence electrons. The Hall–Kier alpha value is -2.65. The van der Waals surface area contributed by atoms with Crippen molar-refractivity contribution >= 4 is 28.5 Å². The van der Waals surface area contributed by atoms with Crippen LogP contribution in [0.25, 0.3) is 0 Å². The van der Waals surface area contributed by atoms with Crippen LogP contribution in [-0.2, 0) is 0 Å². The minimum atomic E-state index is -0.368. The van der Waals surface area contributed by atoms with E-state index in [1.165, 1.54) is 0 Å². The summed E-state index contributed by atoms with van der Waals surface area (Å²) in [6, 6.07) is 11.4. The smallest absolute Gasteiger partial charge is 0.281 e. The van der Waals surface area contributed by atoms with Crippen LogP contribution in [0.3, 0.4) is 0 Å². The van der Waals surface area contributed by atoms with E-state index in [-0.39, 0.29) is 5.91 Å². The van der Waals surface area contributed by atoms with Crippen molar-refractivity contribution < 1.29 is 4.79 Å². The lowest BCUT2D eigenvalue weighted by Gasteiger charge is -1.98. The lowest BCUT2D eigenvalue weighted by molar-refractivity contribution is 0.0958. The molecule has 0 fully saturated rings. The number of nitrogens with zero attached hydrogens (tertiary/aromatic N) is 2. The molecule has 0 atom stereocenters. The standard InChI is InChI=1S/C14H12N4OS/c1-9-11(7-15)13(16)20-12(9)14(19)18-17-8-10-5-3-2-4-6-10/h2-6,8H,16H2,1H3,(H,18,19)/b17-8+. The van der Waals surface area contributed by atoms with Gasteiger partial charge in [0.2, 0.25) is 0 Å². The summed E-state index contributed by atoms with van der Waals surface area (Å²) in [6.45, 7) is 1.70. The molecule has 3 N–H and O–H groups in total.